The van der Waals surface area contributed by atoms with Gasteiger partial charge in [0.25, 0.3) is 0 Å². The van der Waals surface area contributed by atoms with Crippen LogP contribution in [0.3, 0.4) is 0 Å². The molecule has 25 heteroatoms. The van der Waals surface area contributed by atoms with Gasteiger partial charge >= 0.3 is 65.7 Å². The molecule has 4 aromatic rings. The number of rotatable bonds is 17. The maximum absolute atomic E-state index is 12.8. The van der Waals surface area contributed by atoms with Gasteiger partial charge in [0.1, 0.15) is 17.2 Å². The number of ether oxygens (including phenoxy) is 14. The lowest BCUT2D eigenvalue weighted by molar-refractivity contribution is -0.135. The van der Waals surface area contributed by atoms with E-state index in [0.717, 1.165) is 119 Å². The molecule has 0 heterocycles. The minimum atomic E-state index is -1.13. The van der Waals surface area contributed by atoms with Gasteiger partial charge in [-0.2, -0.15) is 0 Å². The zero-order valence-corrected chi connectivity index (χ0v) is 39.2. The van der Waals surface area contributed by atoms with Gasteiger partial charge in [0, 0.05) is 119 Å². The standard InChI is InChI=1S/C46H40O25/c1-19(47)58-30-12-37(63-24(6)52)43(38(13-30)64-25(7)53)71-40-18-39(65-26(8)54)44(67-28(10)56)46(68-29(11)57)45(40)70-32-16-35(61-22(4)50)42(36(17-32)62-23(5)51)69-31-14-33(59-20(2)48)41(66-27(9)55)34(15-31)60-21(3)49/h12-18H,1-11H3. The average Bonchev–Trinajstić information content (AvgIpc) is 3.19. The predicted octanol–water partition coefficient (Wildman–Crippen LogP) is 6.24. The van der Waals surface area contributed by atoms with Gasteiger partial charge in [-0.15, -0.1) is 0 Å². The minimum absolute atomic E-state index is 0.330. The Kier molecular flexibility index (Phi) is 17.9. The molecule has 0 bridgehead atoms. The summed E-state index contributed by atoms with van der Waals surface area (Å²) in [7, 11) is 0. The van der Waals surface area contributed by atoms with Gasteiger partial charge < -0.3 is 66.3 Å². The number of esters is 11. The van der Waals surface area contributed by atoms with Gasteiger partial charge in [-0.05, 0) is 0 Å². The fourth-order valence-corrected chi connectivity index (χ4v) is 5.63. The van der Waals surface area contributed by atoms with E-state index in [-0.39, 0.29) is 5.75 Å². The molecular weight excluding hydrogens is 952 g/mol. The van der Waals surface area contributed by atoms with Crippen molar-refractivity contribution in [2.24, 2.45) is 0 Å². The predicted molar refractivity (Wildman–Crippen MR) is 230 cm³/mol. The van der Waals surface area contributed by atoms with Crippen molar-refractivity contribution in [3.05, 3.63) is 42.5 Å². The van der Waals surface area contributed by atoms with Crippen LogP contribution in [0.15, 0.2) is 42.5 Å². The van der Waals surface area contributed by atoms with Crippen molar-refractivity contribution in [2.45, 2.75) is 76.2 Å². The van der Waals surface area contributed by atoms with Crippen molar-refractivity contribution in [1.82, 2.24) is 0 Å². The monoisotopic (exact) mass is 992 g/mol. The number of hydrogen-bond acceptors (Lipinski definition) is 25. The van der Waals surface area contributed by atoms with Crippen LogP contribution in [0.2, 0.25) is 0 Å². The second-order valence-electron chi connectivity index (χ2n) is 13.9. The molecule has 0 aromatic heterocycles. The Morgan fingerprint density at radius 3 is 0.775 bits per heavy atom. The summed E-state index contributed by atoms with van der Waals surface area (Å²) in [6.07, 6.45) is 0. The van der Waals surface area contributed by atoms with Crippen molar-refractivity contribution >= 4 is 65.7 Å². The lowest BCUT2D eigenvalue weighted by atomic mass is 10.2. The Labute approximate surface area is 400 Å². The zero-order valence-electron chi connectivity index (χ0n) is 39.2. The molecule has 4 rings (SSSR count). The summed E-state index contributed by atoms with van der Waals surface area (Å²) in [6.45, 7) is 10.6. The third-order valence-corrected chi connectivity index (χ3v) is 7.53. The Morgan fingerprint density at radius 1 is 0.211 bits per heavy atom. The highest BCUT2D eigenvalue weighted by Gasteiger charge is 2.33. The Hall–Kier alpha value is -9.55. The van der Waals surface area contributed by atoms with E-state index in [9.17, 15) is 52.7 Å². The Bertz CT molecular complexity index is 2780. The van der Waals surface area contributed by atoms with Gasteiger partial charge in [-0.1, -0.05) is 0 Å². The molecule has 0 saturated heterocycles. The van der Waals surface area contributed by atoms with E-state index in [4.69, 9.17) is 66.3 Å². The minimum Gasteiger partial charge on any atom is -0.449 e. The maximum Gasteiger partial charge on any atom is 0.308 e. The van der Waals surface area contributed by atoms with Crippen LogP contribution >= 0.6 is 0 Å². The van der Waals surface area contributed by atoms with Crippen LogP contribution in [0.1, 0.15) is 76.2 Å². The van der Waals surface area contributed by atoms with Crippen LogP contribution in [0, 0.1) is 0 Å². The third-order valence-electron chi connectivity index (χ3n) is 7.53. The van der Waals surface area contributed by atoms with Crippen LogP contribution in [-0.2, 0) is 52.7 Å². The van der Waals surface area contributed by atoms with Gasteiger partial charge in [0.15, 0.2) is 46.0 Å². The van der Waals surface area contributed by atoms with Crippen LogP contribution in [-0.4, -0.2) is 65.7 Å². The van der Waals surface area contributed by atoms with Crippen LogP contribution in [0.5, 0.6) is 97.7 Å². The number of carbonyl (C=O) groups is 11. The second-order valence-corrected chi connectivity index (χ2v) is 13.9. The van der Waals surface area contributed by atoms with E-state index in [1.807, 2.05) is 0 Å². The first-order valence-electron chi connectivity index (χ1n) is 20.0. The smallest absolute Gasteiger partial charge is 0.308 e. The first kappa shape index (κ1) is 54.1. The summed E-state index contributed by atoms with van der Waals surface area (Å²) in [5.41, 5.74) is 0. The van der Waals surface area contributed by atoms with Gasteiger partial charge in [-0.3, -0.25) is 52.7 Å². The second kappa shape index (κ2) is 23.5. The highest BCUT2D eigenvalue weighted by atomic mass is 16.6. The van der Waals surface area contributed by atoms with Crippen LogP contribution < -0.4 is 66.3 Å². The molecule has 0 aliphatic heterocycles. The van der Waals surface area contributed by atoms with E-state index < -0.39 is 158 Å². The molecule has 4 aromatic carbocycles. The summed E-state index contributed by atoms with van der Waals surface area (Å²) in [5.74, 6) is -21.4. The van der Waals surface area contributed by atoms with E-state index in [0.29, 0.717) is 0 Å². The molecule has 0 atom stereocenters. The molecule has 71 heavy (non-hydrogen) atoms. The first-order valence-corrected chi connectivity index (χ1v) is 20.0. The fourth-order valence-electron chi connectivity index (χ4n) is 5.63. The lowest BCUT2D eigenvalue weighted by Crippen LogP contribution is -2.12. The number of hydrogen-bond donors (Lipinski definition) is 0. The van der Waals surface area contributed by atoms with E-state index in [2.05, 4.69) is 0 Å². The van der Waals surface area contributed by atoms with E-state index >= 15 is 0 Å². The molecule has 0 spiro atoms. The quantitative estimate of drug-likeness (QED) is 0.0834. The molecule has 374 valence electrons. The molecule has 0 fully saturated rings. The summed E-state index contributed by atoms with van der Waals surface area (Å²) in [6, 6.07) is 6.60. The number of carbonyl (C=O) groups excluding carboxylic acids is 11. The fraction of sp³-hybridized carbons (Fsp3) is 0.239. The normalized spacial score (nSPS) is 10.2. The summed E-state index contributed by atoms with van der Waals surface area (Å²) in [5, 5.41) is 0. The molecule has 0 aliphatic rings. The average molecular weight is 993 g/mol. The van der Waals surface area contributed by atoms with Crippen molar-refractivity contribution in [1.29, 1.82) is 0 Å². The highest BCUT2D eigenvalue weighted by Crippen LogP contribution is 2.57. The van der Waals surface area contributed by atoms with E-state index in [1.165, 1.54) is 0 Å². The van der Waals surface area contributed by atoms with Gasteiger partial charge in [0.2, 0.25) is 34.5 Å². The van der Waals surface area contributed by atoms with Crippen molar-refractivity contribution < 1.29 is 119 Å². The molecular formula is C46H40O25. The molecule has 0 radical (unpaired) electrons. The molecule has 0 amide bonds. The third kappa shape index (κ3) is 15.8. The summed E-state index contributed by atoms with van der Waals surface area (Å²) in [4.78, 5) is 136. The number of benzene rings is 4. The Balaban J connectivity index is 2.16. The topological polar surface area (TPSA) is 317 Å². The molecule has 25 nitrogen and oxygen atoms in total. The maximum atomic E-state index is 12.8. The molecule has 0 saturated carbocycles. The van der Waals surface area contributed by atoms with Gasteiger partial charge in [-0.25, -0.2) is 0 Å². The van der Waals surface area contributed by atoms with Crippen LogP contribution in [0.4, 0.5) is 0 Å². The molecule has 0 aliphatic carbocycles. The summed E-state index contributed by atoms with van der Waals surface area (Å²) >= 11 is 0. The summed E-state index contributed by atoms with van der Waals surface area (Å²) < 4.78 is 76.7. The largest absolute Gasteiger partial charge is 0.449 e. The lowest BCUT2D eigenvalue weighted by Gasteiger charge is -2.22. The zero-order chi connectivity index (χ0) is 53.0. The van der Waals surface area contributed by atoms with E-state index in [1.54, 1.807) is 0 Å². The Morgan fingerprint density at radius 2 is 0.451 bits per heavy atom. The van der Waals surface area contributed by atoms with Crippen molar-refractivity contribution in [3.8, 4) is 97.7 Å². The van der Waals surface area contributed by atoms with Crippen LogP contribution in [0.25, 0.3) is 0 Å². The van der Waals surface area contributed by atoms with Crippen molar-refractivity contribution in [3.63, 3.8) is 0 Å². The SMILES string of the molecule is CC(=O)Oc1cc(OC(C)=O)c(Oc2cc(OC(C)=O)c(OC(C)=O)c(OC(C)=O)c2Oc2cc(OC(C)=O)c(Oc3cc(OC(C)=O)c(OC(C)=O)c(OC(C)=O)c3)c(OC(C)=O)c2)c(OC(C)=O)c1. The first-order chi connectivity index (χ1) is 33.2. The highest BCUT2D eigenvalue weighted by molar-refractivity contribution is 5.84. The molecule has 0 N–H and O–H groups in total. The van der Waals surface area contributed by atoms with Crippen molar-refractivity contribution in [2.75, 3.05) is 0 Å². The van der Waals surface area contributed by atoms with Gasteiger partial charge in [0.05, 0.1) is 0 Å². The molecule has 0 unspecified atom stereocenters.